The summed E-state index contributed by atoms with van der Waals surface area (Å²) >= 11 is 5.97. The van der Waals surface area contributed by atoms with Crippen LogP contribution in [0.25, 0.3) is 11.3 Å². The summed E-state index contributed by atoms with van der Waals surface area (Å²) in [6.45, 7) is 1.87. The fourth-order valence-corrected chi connectivity index (χ4v) is 2.83. The SMILES string of the molecule is CCc1cccc(-c2cc(S(=O)(=O)C(F)(F)F)ccc2Cl)n1. The number of rotatable bonds is 3. The zero-order valence-electron chi connectivity index (χ0n) is 11.4. The van der Waals surface area contributed by atoms with E-state index in [0.717, 1.165) is 23.9 Å². The molecule has 0 bridgehead atoms. The summed E-state index contributed by atoms with van der Waals surface area (Å²) in [6.07, 6.45) is 0.631. The van der Waals surface area contributed by atoms with E-state index < -0.39 is 20.2 Å². The van der Waals surface area contributed by atoms with Crippen molar-refractivity contribution < 1.29 is 21.6 Å². The molecule has 0 fully saturated rings. The third-order valence-corrected chi connectivity index (χ3v) is 4.81. The van der Waals surface area contributed by atoms with Crippen LogP contribution in [0, 0.1) is 0 Å². The molecular formula is C14H11ClF3NO2S. The number of benzene rings is 1. The second-order valence-corrected chi connectivity index (χ2v) is 6.81. The van der Waals surface area contributed by atoms with E-state index in [0.29, 0.717) is 12.1 Å². The van der Waals surface area contributed by atoms with Crippen molar-refractivity contribution in [2.24, 2.45) is 0 Å². The van der Waals surface area contributed by atoms with Crippen LogP contribution in [0.15, 0.2) is 41.3 Å². The standard InChI is InChI=1S/C14H11ClF3NO2S/c1-2-9-4-3-5-13(19-9)11-8-10(6-7-12(11)15)22(20,21)14(16,17)18/h3-8H,2H2,1H3. The quantitative estimate of drug-likeness (QED) is 0.832. The maximum atomic E-state index is 12.6. The van der Waals surface area contributed by atoms with Crippen molar-refractivity contribution in [2.45, 2.75) is 23.7 Å². The molecule has 22 heavy (non-hydrogen) atoms. The lowest BCUT2D eigenvalue weighted by Crippen LogP contribution is -2.23. The molecule has 1 heterocycles. The summed E-state index contributed by atoms with van der Waals surface area (Å²) < 4.78 is 60.9. The van der Waals surface area contributed by atoms with Crippen molar-refractivity contribution in [1.82, 2.24) is 4.98 Å². The van der Waals surface area contributed by atoms with Crippen molar-refractivity contribution in [3.05, 3.63) is 47.1 Å². The Morgan fingerprint density at radius 2 is 1.86 bits per heavy atom. The first kappa shape index (κ1) is 16.8. The van der Waals surface area contributed by atoms with Crippen LogP contribution in [-0.2, 0) is 16.3 Å². The van der Waals surface area contributed by atoms with Gasteiger partial charge in [-0.05, 0) is 36.8 Å². The van der Waals surface area contributed by atoms with E-state index in [2.05, 4.69) is 4.98 Å². The normalized spacial score (nSPS) is 12.4. The van der Waals surface area contributed by atoms with E-state index in [9.17, 15) is 21.6 Å². The van der Waals surface area contributed by atoms with Crippen LogP contribution in [0.1, 0.15) is 12.6 Å². The Labute approximate surface area is 130 Å². The summed E-state index contributed by atoms with van der Waals surface area (Å²) in [5.41, 5.74) is -4.18. The van der Waals surface area contributed by atoms with Gasteiger partial charge in [-0.15, -0.1) is 0 Å². The van der Waals surface area contributed by atoms with Crippen LogP contribution in [-0.4, -0.2) is 18.9 Å². The fraction of sp³-hybridized carbons (Fsp3) is 0.214. The largest absolute Gasteiger partial charge is 0.501 e. The maximum Gasteiger partial charge on any atom is 0.501 e. The smallest absolute Gasteiger partial charge is 0.253 e. The molecule has 0 radical (unpaired) electrons. The number of aryl methyl sites for hydroxylation is 1. The van der Waals surface area contributed by atoms with Gasteiger partial charge in [0.25, 0.3) is 9.84 Å². The van der Waals surface area contributed by atoms with Crippen molar-refractivity contribution in [3.8, 4) is 11.3 Å². The fourth-order valence-electron chi connectivity index (χ4n) is 1.83. The van der Waals surface area contributed by atoms with Gasteiger partial charge in [0.15, 0.2) is 0 Å². The molecule has 0 unspecified atom stereocenters. The number of pyridine rings is 1. The van der Waals surface area contributed by atoms with E-state index in [4.69, 9.17) is 11.6 Å². The molecule has 2 rings (SSSR count). The number of halogens is 4. The summed E-state index contributed by atoms with van der Waals surface area (Å²) in [5, 5.41) is 0.127. The van der Waals surface area contributed by atoms with Gasteiger partial charge < -0.3 is 0 Å². The van der Waals surface area contributed by atoms with Gasteiger partial charge in [0.05, 0.1) is 15.6 Å². The lowest BCUT2D eigenvalue weighted by molar-refractivity contribution is -0.0435. The Kier molecular flexibility index (Phi) is 4.49. The minimum Gasteiger partial charge on any atom is -0.253 e. The second kappa shape index (κ2) is 5.89. The van der Waals surface area contributed by atoms with Gasteiger partial charge >= 0.3 is 5.51 Å². The van der Waals surface area contributed by atoms with Crippen LogP contribution in [0.3, 0.4) is 0 Å². The zero-order valence-corrected chi connectivity index (χ0v) is 12.9. The molecule has 3 nitrogen and oxygen atoms in total. The Balaban J connectivity index is 2.62. The number of alkyl halides is 3. The van der Waals surface area contributed by atoms with Crippen LogP contribution in [0.5, 0.6) is 0 Å². The minimum atomic E-state index is -5.43. The van der Waals surface area contributed by atoms with Crippen molar-refractivity contribution in [3.63, 3.8) is 0 Å². The van der Waals surface area contributed by atoms with Gasteiger partial charge in [-0.2, -0.15) is 13.2 Å². The minimum absolute atomic E-state index is 0.127. The highest BCUT2D eigenvalue weighted by Gasteiger charge is 2.47. The third kappa shape index (κ3) is 3.10. The van der Waals surface area contributed by atoms with E-state index >= 15 is 0 Å². The Hall–Kier alpha value is -1.60. The van der Waals surface area contributed by atoms with Crippen LogP contribution < -0.4 is 0 Å². The monoisotopic (exact) mass is 349 g/mol. The maximum absolute atomic E-state index is 12.6. The Bertz CT molecular complexity index is 804. The van der Waals surface area contributed by atoms with E-state index in [-0.39, 0.29) is 10.6 Å². The number of sulfone groups is 1. The molecule has 0 N–H and O–H groups in total. The third-order valence-electron chi connectivity index (χ3n) is 3.00. The molecule has 118 valence electrons. The number of nitrogens with zero attached hydrogens (tertiary/aromatic N) is 1. The lowest BCUT2D eigenvalue weighted by Gasteiger charge is -2.11. The summed E-state index contributed by atoms with van der Waals surface area (Å²) in [5.74, 6) is 0. The first-order valence-electron chi connectivity index (χ1n) is 6.24. The number of hydrogen-bond acceptors (Lipinski definition) is 3. The van der Waals surface area contributed by atoms with Crippen molar-refractivity contribution in [1.29, 1.82) is 0 Å². The van der Waals surface area contributed by atoms with Crippen molar-refractivity contribution in [2.75, 3.05) is 0 Å². The van der Waals surface area contributed by atoms with Gasteiger partial charge in [0.1, 0.15) is 0 Å². The molecular weight excluding hydrogens is 339 g/mol. The summed E-state index contributed by atoms with van der Waals surface area (Å²) in [4.78, 5) is 3.39. The second-order valence-electron chi connectivity index (χ2n) is 4.46. The predicted molar refractivity (Wildman–Crippen MR) is 77.3 cm³/mol. The average Bonchev–Trinajstić information content (AvgIpc) is 2.46. The van der Waals surface area contributed by atoms with Crippen molar-refractivity contribution >= 4 is 21.4 Å². The molecule has 2 aromatic rings. The molecule has 0 saturated heterocycles. The molecule has 0 atom stereocenters. The van der Waals surface area contributed by atoms with Crippen LogP contribution in [0.4, 0.5) is 13.2 Å². The average molecular weight is 350 g/mol. The van der Waals surface area contributed by atoms with Gasteiger partial charge in [-0.1, -0.05) is 24.6 Å². The summed E-state index contributed by atoms with van der Waals surface area (Å²) in [7, 11) is -5.43. The summed E-state index contributed by atoms with van der Waals surface area (Å²) in [6, 6.07) is 7.85. The highest BCUT2D eigenvalue weighted by molar-refractivity contribution is 7.92. The van der Waals surface area contributed by atoms with Gasteiger partial charge in [0.2, 0.25) is 0 Å². The molecule has 0 amide bonds. The Morgan fingerprint density at radius 1 is 1.18 bits per heavy atom. The van der Waals surface area contributed by atoms with Gasteiger partial charge in [0, 0.05) is 11.3 Å². The first-order chi connectivity index (χ1) is 10.2. The highest BCUT2D eigenvalue weighted by atomic mass is 35.5. The van der Waals surface area contributed by atoms with Gasteiger partial charge in [-0.3, -0.25) is 4.98 Å². The Morgan fingerprint density at radius 3 is 2.45 bits per heavy atom. The number of hydrogen-bond donors (Lipinski definition) is 0. The van der Waals surface area contributed by atoms with E-state index in [1.54, 1.807) is 18.2 Å². The van der Waals surface area contributed by atoms with E-state index in [1.807, 2.05) is 6.92 Å². The topological polar surface area (TPSA) is 47.0 Å². The molecule has 0 spiro atoms. The van der Waals surface area contributed by atoms with Crippen LogP contribution in [0.2, 0.25) is 5.02 Å². The molecule has 0 aliphatic heterocycles. The molecule has 1 aromatic heterocycles. The molecule has 0 aliphatic rings. The predicted octanol–water partition coefficient (Wildman–Crippen LogP) is 4.26. The first-order valence-corrected chi connectivity index (χ1v) is 8.10. The van der Waals surface area contributed by atoms with Gasteiger partial charge in [-0.25, -0.2) is 8.42 Å². The molecule has 1 aromatic carbocycles. The van der Waals surface area contributed by atoms with E-state index in [1.165, 1.54) is 0 Å². The molecule has 8 heteroatoms. The zero-order chi connectivity index (χ0) is 16.5. The lowest BCUT2D eigenvalue weighted by atomic mass is 10.1. The molecule has 0 saturated carbocycles. The number of aromatic nitrogens is 1. The highest BCUT2D eigenvalue weighted by Crippen LogP contribution is 2.35. The molecule has 0 aliphatic carbocycles. The van der Waals surface area contributed by atoms with Crippen LogP contribution >= 0.6 is 11.6 Å².